The van der Waals surface area contributed by atoms with Gasteiger partial charge in [0.15, 0.2) is 0 Å². The molecule has 3 aromatic carbocycles. The Kier molecular flexibility index (Phi) is 9.11. The fraction of sp³-hybridized carbons (Fsp3) is 0.300. The van der Waals surface area contributed by atoms with Gasteiger partial charge < -0.3 is 15.4 Å². The second-order valence-electron chi connectivity index (χ2n) is 9.88. The molecule has 4 rings (SSSR count). The molecule has 0 saturated carbocycles. The number of amides is 3. The van der Waals surface area contributed by atoms with E-state index < -0.39 is 6.04 Å². The number of nitrogens with zero attached hydrogens (tertiary/aromatic N) is 4. The van der Waals surface area contributed by atoms with Gasteiger partial charge in [-0.2, -0.15) is 0 Å². The lowest BCUT2D eigenvalue weighted by atomic mass is 10.0. The fourth-order valence-corrected chi connectivity index (χ4v) is 4.37. The molecule has 0 aliphatic rings. The van der Waals surface area contributed by atoms with Crippen molar-refractivity contribution in [1.29, 1.82) is 0 Å². The van der Waals surface area contributed by atoms with Crippen molar-refractivity contribution >= 4 is 40.1 Å². The molecule has 208 valence electrons. The molecule has 0 radical (unpaired) electrons. The van der Waals surface area contributed by atoms with Crippen molar-refractivity contribution in [2.75, 3.05) is 23.9 Å². The van der Waals surface area contributed by atoms with Crippen LogP contribution in [0.5, 0.6) is 5.75 Å². The molecule has 1 aromatic heterocycles. The fourth-order valence-electron chi connectivity index (χ4n) is 4.37. The van der Waals surface area contributed by atoms with E-state index in [1.165, 1.54) is 16.5 Å². The van der Waals surface area contributed by atoms with Gasteiger partial charge in [0.05, 0.1) is 12.6 Å². The zero-order valence-electron chi connectivity index (χ0n) is 23.1. The lowest BCUT2D eigenvalue weighted by Gasteiger charge is -2.32. The van der Waals surface area contributed by atoms with Gasteiger partial charge in [0.25, 0.3) is 0 Å². The lowest BCUT2D eigenvalue weighted by molar-refractivity contribution is -0.127. The van der Waals surface area contributed by atoms with E-state index in [4.69, 9.17) is 4.74 Å². The molecule has 3 amide bonds. The molecule has 0 unspecified atom stereocenters. The summed E-state index contributed by atoms with van der Waals surface area (Å²) in [7, 11) is 1.57. The number of ether oxygens (including phenoxy) is 1. The number of fused-ring (bicyclic) bond motifs is 1. The van der Waals surface area contributed by atoms with Crippen LogP contribution in [0.3, 0.4) is 0 Å². The Morgan fingerprint density at radius 3 is 2.33 bits per heavy atom. The van der Waals surface area contributed by atoms with Gasteiger partial charge in [-0.1, -0.05) is 43.3 Å². The van der Waals surface area contributed by atoms with Crippen LogP contribution in [-0.4, -0.2) is 46.4 Å². The maximum absolute atomic E-state index is 14.1. The molecule has 0 aliphatic heterocycles. The number of benzene rings is 3. The Hall–Kier alpha value is -4.73. The summed E-state index contributed by atoms with van der Waals surface area (Å²) in [4.78, 5) is 40.9. The minimum Gasteiger partial charge on any atom is -0.497 e. The van der Waals surface area contributed by atoms with Crippen LogP contribution in [0.25, 0.3) is 11.0 Å². The van der Waals surface area contributed by atoms with Crippen molar-refractivity contribution in [1.82, 2.24) is 20.3 Å². The van der Waals surface area contributed by atoms with Crippen LogP contribution in [0, 0.1) is 5.92 Å². The van der Waals surface area contributed by atoms with Gasteiger partial charge >= 0.3 is 0 Å². The minimum absolute atomic E-state index is 0.139. The molecule has 0 spiro atoms. The number of carbonyl (C=O) groups is 3. The van der Waals surface area contributed by atoms with Crippen molar-refractivity contribution < 1.29 is 19.1 Å². The third-order valence-corrected chi connectivity index (χ3v) is 6.40. The zero-order chi connectivity index (χ0) is 28.6. The first-order chi connectivity index (χ1) is 19.3. The number of aromatic nitrogens is 3. The molecule has 0 aliphatic carbocycles. The SMILES string of the molecule is COc1ccc([C@@H](C(=O)NCCC(C)C)N(C(=O)Cn2nnc3ccccc32)c2ccc(NC(C)=O)cc2)cc1. The Morgan fingerprint density at radius 1 is 0.975 bits per heavy atom. The first-order valence-corrected chi connectivity index (χ1v) is 13.2. The Labute approximate surface area is 233 Å². The second kappa shape index (κ2) is 12.9. The smallest absolute Gasteiger partial charge is 0.249 e. The van der Waals surface area contributed by atoms with Crippen molar-refractivity contribution in [3.05, 3.63) is 78.4 Å². The van der Waals surface area contributed by atoms with E-state index in [1.54, 1.807) is 55.6 Å². The Morgan fingerprint density at radius 2 is 1.68 bits per heavy atom. The van der Waals surface area contributed by atoms with Gasteiger partial charge in [0, 0.05) is 24.8 Å². The van der Waals surface area contributed by atoms with E-state index in [0.717, 1.165) is 6.42 Å². The van der Waals surface area contributed by atoms with Crippen molar-refractivity contribution in [2.45, 2.75) is 39.8 Å². The lowest BCUT2D eigenvalue weighted by Crippen LogP contribution is -2.45. The molecule has 10 heteroatoms. The van der Waals surface area contributed by atoms with Gasteiger partial charge in [0.1, 0.15) is 23.9 Å². The topological polar surface area (TPSA) is 118 Å². The van der Waals surface area contributed by atoms with Gasteiger partial charge in [-0.15, -0.1) is 5.10 Å². The molecule has 4 aromatic rings. The first kappa shape index (κ1) is 28.3. The molecular formula is C30H34N6O4. The Bertz CT molecular complexity index is 1460. The van der Waals surface area contributed by atoms with Crippen LogP contribution in [-0.2, 0) is 20.9 Å². The maximum atomic E-state index is 14.1. The van der Waals surface area contributed by atoms with Crippen molar-refractivity contribution in [3.8, 4) is 5.75 Å². The summed E-state index contributed by atoms with van der Waals surface area (Å²) >= 11 is 0. The quantitative estimate of drug-likeness (QED) is 0.291. The molecule has 0 fully saturated rings. The number of para-hydroxylation sites is 1. The predicted molar refractivity (Wildman–Crippen MR) is 154 cm³/mol. The van der Waals surface area contributed by atoms with Crippen LogP contribution in [0.1, 0.15) is 38.8 Å². The van der Waals surface area contributed by atoms with Crippen molar-refractivity contribution in [3.63, 3.8) is 0 Å². The van der Waals surface area contributed by atoms with E-state index in [2.05, 4.69) is 34.8 Å². The van der Waals surface area contributed by atoms with E-state index in [-0.39, 0.29) is 24.3 Å². The summed E-state index contributed by atoms with van der Waals surface area (Å²) in [5.74, 6) is 0.157. The van der Waals surface area contributed by atoms with Gasteiger partial charge in [0.2, 0.25) is 17.7 Å². The summed E-state index contributed by atoms with van der Waals surface area (Å²) in [5, 5.41) is 14.1. The van der Waals surface area contributed by atoms with Crippen LogP contribution in [0.4, 0.5) is 11.4 Å². The van der Waals surface area contributed by atoms with Gasteiger partial charge in [-0.25, -0.2) is 4.68 Å². The number of rotatable bonds is 11. The molecule has 40 heavy (non-hydrogen) atoms. The first-order valence-electron chi connectivity index (χ1n) is 13.2. The van der Waals surface area contributed by atoms with Crippen LogP contribution in [0.2, 0.25) is 0 Å². The minimum atomic E-state index is -0.980. The van der Waals surface area contributed by atoms with E-state index in [1.807, 2.05) is 24.3 Å². The van der Waals surface area contributed by atoms with E-state index in [9.17, 15) is 14.4 Å². The molecule has 1 atom stereocenters. The second-order valence-corrected chi connectivity index (χ2v) is 9.88. The highest BCUT2D eigenvalue weighted by Crippen LogP contribution is 2.31. The van der Waals surface area contributed by atoms with Gasteiger partial charge in [-0.05, 0) is 66.4 Å². The summed E-state index contributed by atoms with van der Waals surface area (Å²) in [6.07, 6.45) is 0.797. The molecule has 0 saturated heterocycles. The highest BCUT2D eigenvalue weighted by molar-refractivity contribution is 6.02. The molecular weight excluding hydrogens is 508 g/mol. The molecule has 1 heterocycles. The Balaban J connectivity index is 1.77. The summed E-state index contributed by atoms with van der Waals surface area (Å²) in [6.45, 7) is 5.93. The van der Waals surface area contributed by atoms with E-state index in [0.29, 0.717) is 46.2 Å². The summed E-state index contributed by atoms with van der Waals surface area (Å²) in [5.41, 5.74) is 3.06. The molecule has 10 nitrogen and oxygen atoms in total. The molecule has 0 bridgehead atoms. The largest absolute Gasteiger partial charge is 0.497 e. The normalized spacial score (nSPS) is 11.7. The number of hydrogen-bond acceptors (Lipinski definition) is 6. The van der Waals surface area contributed by atoms with Crippen LogP contribution >= 0.6 is 0 Å². The number of nitrogens with one attached hydrogen (secondary N) is 2. The third kappa shape index (κ3) is 6.82. The number of carbonyl (C=O) groups excluding carboxylic acids is 3. The zero-order valence-corrected chi connectivity index (χ0v) is 23.1. The van der Waals surface area contributed by atoms with Gasteiger partial charge in [-0.3, -0.25) is 19.3 Å². The molecule has 2 N–H and O–H groups in total. The monoisotopic (exact) mass is 542 g/mol. The maximum Gasteiger partial charge on any atom is 0.249 e. The standard InChI is InChI=1S/C30H34N6O4/c1-20(2)17-18-31-30(39)29(22-9-15-25(40-4)16-10-22)36(24-13-11-23(12-14-24)32-21(3)37)28(38)19-35-27-8-6-5-7-26(27)33-34-35/h5-16,20,29H,17-19H2,1-4H3,(H,31,39)(H,32,37)/t29-/m0/s1. The van der Waals surface area contributed by atoms with Crippen molar-refractivity contribution in [2.24, 2.45) is 5.92 Å². The summed E-state index contributed by atoms with van der Waals surface area (Å²) < 4.78 is 6.84. The predicted octanol–water partition coefficient (Wildman–Crippen LogP) is 4.34. The highest BCUT2D eigenvalue weighted by atomic mass is 16.5. The average molecular weight is 543 g/mol. The average Bonchev–Trinajstić information content (AvgIpc) is 3.34. The van der Waals surface area contributed by atoms with Crippen LogP contribution < -0.4 is 20.3 Å². The number of hydrogen-bond donors (Lipinski definition) is 2. The summed E-state index contributed by atoms with van der Waals surface area (Å²) in [6, 6.07) is 20.3. The third-order valence-electron chi connectivity index (χ3n) is 6.40. The number of anilines is 2. The van der Waals surface area contributed by atoms with Crippen LogP contribution in [0.15, 0.2) is 72.8 Å². The van der Waals surface area contributed by atoms with E-state index >= 15 is 0 Å². The number of methoxy groups -OCH3 is 1. The highest BCUT2D eigenvalue weighted by Gasteiger charge is 2.33.